The average molecular weight is 317 g/mol. The molecule has 0 bridgehead atoms. The second kappa shape index (κ2) is 5.27. The SMILES string of the molecule is CNC(c1ccc(I)cc1)C1CCOC1. The molecule has 1 fully saturated rings. The van der Waals surface area contributed by atoms with Crippen LogP contribution in [0.1, 0.15) is 18.0 Å². The average Bonchev–Trinajstić information content (AvgIpc) is 2.75. The summed E-state index contributed by atoms with van der Waals surface area (Å²) in [7, 11) is 2.03. The summed E-state index contributed by atoms with van der Waals surface area (Å²) in [6.07, 6.45) is 1.16. The molecule has 1 heterocycles. The van der Waals surface area contributed by atoms with Gasteiger partial charge in [-0.25, -0.2) is 0 Å². The molecule has 0 radical (unpaired) electrons. The van der Waals surface area contributed by atoms with Crippen LogP contribution >= 0.6 is 22.6 Å². The molecule has 1 aromatic rings. The highest BCUT2D eigenvalue weighted by Crippen LogP contribution is 2.28. The van der Waals surface area contributed by atoms with Crippen molar-refractivity contribution in [2.45, 2.75) is 12.5 Å². The van der Waals surface area contributed by atoms with Crippen LogP contribution in [-0.2, 0) is 4.74 Å². The lowest BCUT2D eigenvalue weighted by atomic mass is 9.93. The third-order valence-electron chi connectivity index (χ3n) is 2.98. The van der Waals surface area contributed by atoms with Crippen molar-refractivity contribution in [3.05, 3.63) is 33.4 Å². The second-order valence-corrected chi connectivity index (χ2v) is 5.19. The summed E-state index contributed by atoms with van der Waals surface area (Å²) in [6.45, 7) is 1.80. The van der Waals surface area contributed by atoms with Crippen molar-refractivity contribution in [3.8, 4) is 0 Å². The van der Waals surface area contributed by atoms with Crippen molar-refractivity contribution in [2.24, 2.45) is 5.92 Å². The largest absolute Gasteiger partial charge is 0.381 e. The molecule has 2 atom stereocenters. The van der Waals surface area contributed by atoms with E-state index in [9.17, 15) is 0 Å². The Bertz CT molecular complexity index is 306. The van der Waals surface area contributed by atoms with E-state index in [0.717, 1.165) is 19.6 Å². The zero-order chi connectivity index (χ0) is 10.7. The molecule has 1 saturated heterocycles. The summed E-state index contributed by atoms with van der Waals surface area (Å²) in [5, 5.41) is 3.40. The molecule has 0 aliphatic carbocycles. The van der Waals surface area contributed by atoms with Crippen LogP contribution in [0.5, 0.6) is 0 Å². The lowest BCUT2D eigenvalue weighted by Gasteiger charge is -2.22. The molecule has 1 aliphatic rings. The highest BCUT2D eigenvalue weighted by Gasteiger charge is 2.25. The normalized spacial score (nSPS) is 22.9. The smallest absolute Gasteiger partial charge is 0.0513 e. The molecule has 0 aromatic heterocycles. The molecule has 1 aliphatic heterocycles. The Balaban J connectivity index is 2.14. The van der Waals surface area contributed by atoms with Crippen LogP contribution in [0.2, 0.25) is 0 Å². The van der Waals surface area contributed by atoms with Crippen molar-refractivity contribution in [1.82, 2.24) is 5.32 Å². The van der Waals surface area contributed by atoms with Crippen molar-refractivity contribution in [3.63, 3.8) is 0 Å². The Labute approximate surface area is 105 Å². The topological polar surface area (TPSA) is 21.3 Å². The van der Waals surface area contributed by atoms with Crippen molar-refractivity contribution in [2.75, 3.05) is 20.3 Å². The Morgan fingerprint density at radius 1 is 1.40 bits per heavy atom. The van der Waals surface area contributed by atoms with Crippen LogP contribution in [0.15, 0.2) is 24.3 Å². The van der Waals surface area contributed by atoms with Gasteiger partial charge in [0, 0.05) is 22.1 Å². The van der Waals surface area contributed by atoms with Gasteiger partial charge >= 0.3 is 0 Å². The van der Waals surface area contributed by atoms with Gasteiger partial charge < -0.3 is 10.1 Å². The van der Waals surface area contributed by atoms with Gasteiger partial charge in [0.1, 0.15) is 0 Å². The molecule has 15 heavy (non-hydrogen) atoms. The number of halogens is 1. The van der Waals surface area contributed by atoms with Gasteiger partial charge in [-0.15, -0.1) is 0 Å². The predicted molar refractivity (Wildman–Crippen MR) is 69.9 cm³/mol. The lowest BCUT2D eigenvalue weighted by Crippen LogP contribution is -2.25. The first kappa shape index (κ1) is 11.4. The maximum Gasteiger partial charge on any atom is 0.0513 e. The Kier molecular flexibility index (Phi) is 3.99. The van der Waals surface area contributed by atoms with Crippen LogP contribution in [0.25, 0.3) is 0 Å². The third kappa shape index (κ3) is 2.71. The van der Waals surface area contributed by atoms with E-state index in [1.165, 1.54) is 9.13 Å². The van der Waals surface area contributed by atoms with Crippen molar-refractivity contribution in [1.29, 1.82) is 0 Å². The molecule has 0 amide bonds. The number of hydrogen-bond donors (Lipinski definition) is 1. The van der Waals surface area contributed by atoms with Crippen LogP contribution in [-0.4, -0.2) is 20.3 Å². The first-order valence-electron chi connectivity index (χ1n) is 5.31. The van der Waals surface area contributed by atoms with E-state index < -0.39 is 0 Å². The van der Waals surface area contributed by atoms with E-state index in [-0.39, 0.29) is 0 Å². The quantitative estimate of drug-likeness (QED) is 0.865. The van der Waals surface area contributed by atoms with E-state index in [0.29, 0.717) is 12.0 Å². The van der Waals surface area contributed by atoms with Gasteiger partial charge in [-0.05, 0) is 53.8 Å². The zero-order valence-electron chi connectivity index (χ0n) is 8.87. The molecule has 82 valence electrons. The molecule has 2 unspecified atom stereocenters. The standard InChI is InChI=1S/C12H16INO/c1-14-12(10-6-7-15-8-10)9-2-4-11(13)5-3-9/h2-5,10,12,14H,6-8H2,1H3. The molecular weight excluding hydrogens is 301 g/mol. The minimum Gasteiger partial charge on any atom is -0.381 e. The third-order valence-corrected chi connectivity index (χ3v) is 3.70. The maximum absolute atomic E-state index is 5.44. The first-order chi connectivity index (χ1) is 7.31. The van der Waals surface area contributed by atoms with Crippen LogP contribution in [0, 0.1) is 9.49 Å². The van der Waals surface area contributed by atoms with Crippen molar-refractivity contribution < 1.29 is 4.74 Å². The monoisotopic (exact) mass is 317 g/mol. The van der Waals surface area contributed by atoms with E-state index in [1.807, 2.05) is 7.05 Å². The van der Waals surface area contributed by atoms with Gasteiger partial charge in [-0.1, -0.05) is 12.1 Å². The van der Waals surface area contributed by atoms with Crippen LogP contribution < -0.4 is 5.32 Å². The highest BCUT2D eigenvalue weighted by molar-refractivity contribution is 14.1. The fourth-order valence-corrected chi connectivity index (χ4v) is 2.52. The number of benzene rings is 1. The Morgan fingerprint density at radius 2 is 2.13 bits per heavy atom. The van der Waals surface area contributed by atoms with Crippen molar-refractivity contribution >= 4 is 22.6 Å². The van der Waals surface area contributed by atoms with Crippen LogP contribution in [0.4, 0.5) is 0 Å². The summed E-state index contributed by atoms with van der Waals surface area (Å²) in [6, 6.07) is 9.18. The molecule has 2 nitrogen and oxygen atoms in total. The van der Waals surface area contributed by atoms with E-state index >= 15 is 0 Å². The van der Waals surface area contributed by atoms with Gasteiger partial charge in [-0.2, -0.15) is 0 Å². The molecular formula is C12H16INO. The fraction of sp³-hybridized carbons (Fsp3) is 0.500. The number of hydrogen-bond acceptors (Lipinski definition) is 2. The molecule has 3 heteroatoms. The van der Waals surface area contributed by atoms with Gasteiger partial charge in [0.05, 0.1) is 6.61 Å². The minimum atomic E-state index is 0.435. The predicted octanol–water partition coefficient (Wildman–Crippen LogP) is 2.59. The molecule has 1 N–H and O–H groups in total. The van der Waals surface area contributed by atoms with E-state index in [4.69, 9.17) is 4.74 Å². The highest BCUT2D eigenvalue weighted by atomic mass is 127. The van der Waals surface area contributed by atoms with E-state index in [1.54, 1.807) is 0 Å². The molecule has 2 rings (SSSR count). The summed E-state index contributed by atoms with van der Waals surface area (Å²) >= 11 is 2.34. The number of ether oxygens (including phenoxy) is 1. The maximum atomic E-state index is 5.44. The van der Waals surface area contributed by atoms with Gasteiger partial charge in [0.15, 0.2) is 0 Å². The summed E-state index contributed by atoms with van der Waals surface area (Å²) < 4.78 is 6.73. The van der Waals surface area contributed by atoms with E-state index in [2.05, 4.69) is 52.2 Å². The molecule has 1 aromatic carbocycles. The number of rotatable bonds is 3. The zero-order valence-corrected chi connectivity index (χ0v) is 11.0. The lowest BCUT2D eigenvalue weighted by molar-refractivity contribution is 0.178. The van der Waals surface area contributed by atoms with Gasteiger partial charge in [-0.3, -0.25) is 0 Å². The first-order valence-corrected chi connectivity index (χ1v) is 6.39. The van der Waals surface area contributed by atoms with Gasteiger partial charge in [0.2, 0.25) is 0 Å². The molecule has 0 spiro atoms. The summed E-state index contributed by atoms with van der Waals surface area (Å²) in [5.74, 6) is 0.620. The minimum absolute atomic E-state index is 0.435. The summed E-state index contributed by atoms with van der Waals surface area (Å²) in [5.41, 5.74) is 1.37. The molecule has 0 saturated carbocycles. The Morgan fingerprint density at radius 3 is 2.67 bits per heavy atom. The van der Waals surface area contributed by atoms with Gasteiger partial charge in [0.25, 0.3) is 0 Å². The fourth-order valence-electron chi connectivity index (χ4n) is 2.16. The Hall–Kier alpha value is -0.130. The number of nitrogens with one attached hydrogen (secondary N) is 1. The van der Waals surface area contributed by atoms with Crippen LogP contribution in [0.3, 0.4) is 0 Å². The second-order valence-electron chi connectivity index (χ2n) is 3.94. The summed E-state index contributed by atoms with van der Waals surface area (Å²) in [4.78, 5) is 0.